The van der Waals surface area contributed by atoms with E-state index in [0.29, 0.717) is 0 Å². The Kier molecular flexibility index (Phi) is 10.1. The van der Waals surface area contributed by atoms with Crippen LogP contribution in [0.4, 0.5) is 0 Å². The van der Waals surface area contributed by atoms with E-state index in [4.69, 9.17) is 0 Å². The van der Waals surface area contributed by atoms with Gasteiger partial charge in [-0.2, -0.15) is 5.10 Å². The number of aromatic nitrogens is 2. The number of unbranched alkanes of at least 4 members (excludes halogenated alkanes) is 1. The Labute approximate surface area is 139 Å². The number of rotatable bonds is 7. The smallest absolute Gasteiger partial charge is 0.193 e. The van der Waals surface area contributed by atoms with Crippen molar-refractivity contribution in [1.29, 1.82) is 0 Å². The normalized spacial score (nSPS) is 10.8. The van der Waals surface area contributed by atoms with Crippen molar-refractivity contribution in [2.24, 2.45) is 12.0 Å². The molecule has 0 radical (unpaired) electrons. The molecule has 1 rings (SSSR count). The summed E-state index contributed by atoms with van der Waals surface area (Å²) in [4.78, 5) is 6.43. The van der Waals surface area contributed by atoms with Crippen LogP contribution >= 0.6 is 24.0 Å². The molecule has 0 atom stereocenters. The summed E-state index contributed by atoms with van der Waals surface area (Å²) in [6.45, 7) is 5.59. The molecule has 0 amide bonds. The highest BCUT2D eigenvalue weighted by atomic mass is 127. The summed E-state index contributed by atoms with van der Waals surface area (Å²) in [5, 5.41) is 7.53. The van der Waals surface area contributed by atoms with Crippen LogP contribution in [0, 0.1) is 0 Å². The summed E-state index contributed by atoms with van der Waals surface area (Å²) in [6, 6.07) is 0. The number of aryl methyl sites for hydroxylation is 1. The number of halogens is 1. The number of nitrogens with one attached hydrogen (secondary N) is 1. The topological polar surface area (TPSA) is 45.4 Å². The lowest BCUT2D eigenvalue weighted by atomic mass is 10.2. The Morgan fingerprint density at radius 1 is 1.60 bits per heavy atom. The molecule has 0 spiro atoms. The molecule has 1 aromatic rings. The Morgan fingerprint density at radius 2 is 2.35 bits per heavy atom. The van der Waals surface area contributed by atoms with Crippen molar-refractivity contribution in [2.75, 3.05) is 27.2 Å². The molecule has 6 heteroatoms. The van der Waals surface area contributed by atoms with Gasteiger partial charge in [-0.05, 0) is 24.8 Å². The molecule has 1 aromatic heterocycles. The van der Waals surface area contributed by atoms with E-state index in [2.05, 4.69) is 33.9 Å². The Morgan fingerprint density at radius 3 is 2.90 bits per heavy atom. The van der Waals surface area contributed by atoms with Gasteiger partial charge in [0.25, 0.3) is 0 Å². The first-order chi connectivity index (χ1) is 9.17. The highest BCUT2D eigenvalue weighted by Gasteiger charge is 2.04. The zero-order valence-corrected chi connectivity index (χ0v) is 15.0. The van der Waals surface area contributed by atoms with Crippen LogP contribution in [-0.4, -0.2) is 47.8 Å². The lowest BCUT2D eigenvalue weighted by Crippen LogP contribution is -2.40. The Balaban J connectivity index is 0.00000361. The lowest BCUT2D eigenvalue weighted by molar-refractivity contribution is 0.470. The van der Waals surface area contributed by atoms with Gasteiger partial charge in [0.15, 0.2) is 5.96 Å². The third kappa shape index (κ3) is 6.93. The summed E-state index contributed by atoms with van der Waals surface area (Å²) in [5.41, 5.74) is 1.24. The van der Waals surface area contributed by atoms with Crippen molar-refractivity contribution in [3.05, 3.63) is 30.6 Å². The second-order valence-electron chi connectivity index (χ2n) is 4.60. The average Bonchev–Trinajstić information content (AvgIpc) is 2.80. The molecule has 0 aliphatic rings. The van der Waals surface area contributed by atoms with Crippen molar-refractivity contribution in [3.8, 4) is 0 Å². The molecule has 1 N–H and O–H groups in total. The van der Waals surface area contributed by atoms with Gasteiger partial charge in [-0.15, -0.1) is 30.6 Å². The molecule has 0 saturated heterocycles. The van der Waals surface area contributed by atoms with Crippen LogP contribution in [0.15, 0.2) is 30.0 Å². The standard InChI is InChI=1S/C14H25N5.HI/c1-5-6-7-10-18(3)14(15-2)16-9-8-13-11-17-19(4)12-13;/h5,11-12H,1,6-10H2,2-4H3,(H,15,16);1H. The monoisotopic (exact) mass is 391 g/mol. The predicted molar refractivity (Wildman–Crippen MR) is 95.7 cm³/mol. The van der Waals surface area contributed by atoms with Gasteiger partial charge >= 0.3 is 0 Å². The van der Waals surface area contributed by atoms with Crippen LogP contribution in [0.2, 0.25) is 0 Å². The lowest BCUT2D eigenvalue weighted by Gasteiger charge is -2.21. The van der Waals surface area contributed by atoms with E-state index in [9.17, 15) is 0 Å². The Bertz CT molecular complexity index is 413. The highest BCUT2D eigenvalue weighted by Crippen LogP contribution is 1.97. The molecule has 0 aromatic carbocycles. The second-order valence-corrected chi connectivity index (χ2v) is 4.60. The van der Waals surface area contributed by atoms with Gasteiger partial charge in [-0.3, -0.25) is 9.67 Å². The van der Waals surface area contributed by atoms with Gasteiger partial charge < -0.3 is 10.2 Å². The van der Waals surface area contributed by atoms with E-state index in [1.165, 1.54) is 5.56 Å². The van der Waals surface area contributed by atoms with Gasteiger partial charge in [0.2, 0.25) is 0 Å². The van der Waals surface area contributed by atoms with Crippen LogP contribution in [0.25, 0.3) is 0 Å². The third-order valence-corrected chi connectivity index (χ3v) is 2.93. The molecule has 0 aliphatic heterocycles. The van der Waals surface area contributed by atoms with Gasteiger partial charge in [0.05, 0.1) is 6.20 Å². The van der Waals surface area contributed by atoms with Crippen LogP contribution in [0.3, 0.4) is 0 Å². The van der Waals surface area contributed by atoms with E-state index in [-0.39, 0.29) is 24.0 Å². The molecular weight excluding hydrogens is 365 g/mol. The molecule has 5 nitrogen and oxygen atoms in total. The Hall–Kier alpha value is -1.05. The quantitative estimate of drug-likeness (QED) is 0.255. The summed E-state index contributed by atoms with van der Waals surface area (Å²) in [7, 11) is 5.81. The fourth-order valence-corrected chi connectivity index (χ4v) is 1.88. The highest BCUT2D eigenvalue weighted by molar-refractivity contribution is 14.0. The van der Waals surface area contributed by atoms with Crippen LogP contribution in [0.1, 0.15) is 18.4 Å². The second kappa shape index (κ2) is 10.7. The first-order valence-corrected chi connectivity index (χ1v) is 6.67. The van der Waals surface area contributed by atoms with Gasteiger partial charge in [-0.25, -0.2) is 0 Å². The predicted octanol–water partition coefficient (Wildman–Crippen LogP) is 2.05. The third-order valence-electron chi connectivity index (χ3n) is 2.93. The van der Waals surface area contributed by atoms with Crippen LogP contribution < -0.4 is 5.32 Å². The maximum Gasteiger partial charge on any atom is 0.193 e. The van der Waals surface area contributed by atoms with Crippen LogP contribution in [-0.2, 0) is 13.5 Å². The molecule has 1 heterocycles. The number of aliphatic imine (C=N–C) groups is 1. The van der Waals surface area contributed by atoms with Crippen molar-refractivity contribution >= 4 is 29.9 Å². The molecule has 0 bridgehead atoms. The fourth-order valence-electron chi connectivity index (χ4n) is 1.88. The van der Waals surface area contributed by atoms with E-state index >= 15 is 0 Å². The summed E-state index contributed by atoms with van der Waals surface area (Å²) in [6.07, 6.45) is 8.98. The van der Waals surface area contributed by atoms with Crippen molar-refractivity contribution < 1.29 is 0 Å². The molecular formula is C14H26IN5. The fraction of sp³-hybridized carbons (Fsp3) is 0.571. The maximum absolute atomic E-state index is 4.29. The molecule has 20 heavy (non-hydrogen) atoms. The minimum absolute atomic E-state index is 0. The number of guanidine groups is 1. The number of allylic oxidation sites excluding steroid dienone is 1. The van der Waals surface area contributed by atoms with Crippen LogP contribution in [0.5, 0.6) is 0 Å². The molecule has 0 aliphatic carbocycles. The first-order valence-electron chi connectivity index (χ1n) is 6.67. The zero-order valence-electron chi connectivity index (χ0n) is 12.7. The molecule has 0 saturated carbocycles. The average molecular weight is 391 g/mol. The van der Waals surface area contributed by atoms with Crippen molar-refractivity contribution in [1.82, 2.24) is 20.0 Å². The van der Waals surface area contributed by atoms with E-state index in [1.807, 2.05) is 37.2 Å². The number of nitrogens with zero attached hydrogens (tertiary/aromatic N) is 4. The van der Waals surface area contributed by atoms with E-state index in [0.717, 1.165) is 38.3 Å². The maximum atomic E-state index is 4.29. The van der Waals surface area contributed by atoms with Gasteiger partial charge in [0, 0.05) is 40.4 Å². The van der Waals surface area contributed by atoms with Crippen molar-refractivity contribution in [2.45, 2.75) is 19.3 Å². The number of hydrogen-bond acceptors (Lipinski definition) is 2. The summed E-state index contributed by atoms with van der Waals surface area (Å²) < 4.78 is 1.82. The molecule has 0 fully saturated rings. The molecule has 0 unspecified atom stereocenters. The SMILES string of the molecule is C=CCCCN(C)C(=NC)NCCc1cnn(C)c1.I. The van der Waals surface area contributed by atoms with E-state index in [1.54, 1.807) is 0 Å². The summed E-state index contributed by atoms with van der Waals surface area (Å²) in [5.74, 6) is 0.938. The first kappa shape index (κ1) is 18.9. The number of hydrogen-bond donors (Lipinski definition) is 1. The van der Waals surface area contributed by atoms with Gasteiger partial charge in [-0.1, -0.05) is 6.08 Å². The largest absolute Gasteiger partial charge is 0.356 e. The molecule has 114 valence electrons. The summed E-state index contributed by atoms with van der Waals surface area (Å²) >= 11 is 0. The van der Waals surface area contributed by atoms with Crippen molar-refractivity contribution in [3.63, 3.8) is 0 Å². The van der Waals surface area contributed by atoms with E-state index < -0.39 is 0 Å². The zero-order chi connectivity index (χ0) is 14.1. The van der Waals surface area contributed by atoms with Gasteiger partial charge in [0.1, 0.15) is 0 Å². The minimum atomic E-state index is 0. The minimum Gasteiger partial charge on any atom is -0.356 e.